The molecule has 0 fully saturated rings. The molecule has 0 saturated heterocycles. The molecule has 0 atom stereocenters. The smallest absolute Gasteiger partial charge is 0.123 e. The summed E-state index contributed by atoms with van der Waals surface area (Å²) in [5, 5.41) is 6.65. The average Bonchev–Trinajstić information content (AvgIpc) is 2.78. The van der Waals surface area contributed by atoms with E-state index in [0.717, 1.165) is 18.0 Å². The van der Waals surface area contributed by atoms with E-state index in [4.69, 9.17) is 0 Å². The molecular formula is C14H19N3S. The highest BCUT2D eigenvalue weighted by molar-refractivity contribution is 7.13. The zero-order valence-electron chi connectivity index (χ0n) is 11.1. The Hall–Kier alpha value is -1.26. The Morgan fingerprint density at radius 2 is 2.22 bits per heavy atom. The molecule has 0 unspecified atom stereocenters. The van der Waals surface area contributed by atoms with Crippen LogP contribution in [0, 0.1) is 6.92 Å². The van der Waals surface area contributed by atoms with Crippen molar-refractivity contribution < 1.29 is 0 Å². The lowest BCUT2D eigenvalue weighted by molar-refractivity contribution is 0.588. The van der Waals surface area contributed by atoms with E-state index in [9.17, 15) is 0 Å². The summed E-state index contributed by atoms with van der Waals surface area (Å²) in [6, 6.07) is 2.56. The van der Waals surface area contributed by atoms with Crippen molar-refractivity contribution in [3.05, 3.63) is 35.1 Å². The van der Waals surface area contributed by atoms with Crippen molar-refractivity contribution in [1.82, 2.24) is 15.3 Å². The number of aromatic nitrogens is 2. The Kier molecular flexibility index (Phi) is 4.44. The maximum Gasteiger partial charge on any atom is 0.123 e. The van der Waals surface area contributed by atoms with Gasteiger partial charge in [0, 0.05) is 42.3 Å². The molecule has 0 saturated carbocycles. The summed E-state index contributed by atoms with van der Waals surface area (Å²) in [5.41, 5.74) is 3.54. The SMILES string of the molecule is Cc1cnccc1-c1nc(CCNC(C)C)cs1. The summed E-state index contributed by atoms with van der Waals surface area (Å²) < 4.78 is 0. The zero-order valence-corrected chi connectivity index (χ0v) is 11.9. The maximum absolute atomic E-state index is 4.69. The van der Waals surface area contributed by atoms with Gasteiger partial charge in [0.2, 0.25) is 0 Å². The quantitative estimate of drug-likeness (QED) is 0.899. The van der Waals surface area contributed by atoms with Gasteiger partial charge in [-0.25, -0.2) is 4.98 Å². The molecule has 0 spiro atoms. The van der Waals surface area contributed by atoms with Crippen LogP contribution in [0.1, 0.15) is 25.1 Å². The van der Waals surface area contributed by atoms with Gasteiger partial charge in [-0.3, -0.25) is 4.98 Å². The molecule has 2 heterocycles. The first-order chi connectivity index (χ1) is 8.66. The van der Waals surface area contributed by atoms with Gasteiger partial charge in [-0.2, -0.15) is 0 Å². The third kappa shape index (κ3) is 3.37. The predicted molar refractivity (Wildman–Crippen MR) is 76.9 cm³/mol. The van der Waals surface area contributed by atoms with Gasteiger partial charge in [0.1, 0.15) is 5.01 Å². The second-order valence-electron chi connectivity index (χ2n) is 4.69. The van der Waals surface area contributed by atoms with Crippen LogP contribution in [0.2, 0.25) is 0 Å². The number of hydrogen-bond donors (Lipinski definition) is 1. The number of nitrogens with one attached hydrogen (secondary N) is 1. The number of hydrogen-bond acceptors (Lipinski definition) is 4. The minimum absolute atomic E-state index is 0.533. The lowest BCUT2D eigenvalue weighted by atomic mass is 10.2. The number of aryl methyl sites for hydroxylation is 1. The minimum atomic E-state index is 0.533. The van der Waals surface area contributed by atoms with E-state index < -0.39 is 0 Å². The van der Waals surface area contributed by atoms with Crippen LogP contribution in [0.15, 0.2) is 23.8 Å². The minimum Gasteiger partial charge on any atom is -0.314 e. The average molecular weight is 261 g/mol. The lowest BCUT2D eigenvalue weighted by Gasteiger charge is -2.05. The van der Waals surface area contributed by atoms with Crippen molar-refractivity contribution in [2.45, 2.75) is 33.2 Å². The van der Waals surface area contributed by atoms with Gasteiger partial charge in [-0.15, -0.1) is 11.3 Å². The van der Waals surface area contributed by atoms with Gasteiger partial charge >= 0.3 is 0 Å². The molecule has 3 nitrogen and oxygen atoms in total. The van der Waals surface area contributed by atoms with Gasteiger partial charge in [-0.1, -0.05) is 13.8 Å². The van der Waals surface area contributed by atoms with E-state index in [-0.39, 0.29) is 0 Å². The Bertz CT molecular complexity index is 505. The summed E-state index contributed by atoms with van der Waals surface area (Å²) in [5.74, 6) is 0. The summed E-state index contributed by atoms with van der Waals surface area (Å²) in [4.78, 5) is 8.80. The first kappa shape index (κ1) is 13.2. The Morgan fingerprint density at radius 3 is 2.94 bits per heavy atom. The monoisotopic (exact) mass is 261 g/mol. The lowest BCUT2D eigenvalue weighted by Crippen LogP contribution is -2.24. The molecule has 0 bridgehead atoms. The molecule has 0 aliphatic heterocycles. The molecule has 2 aromatic rings. The number of pyridine rings is 1. The van der Waals surface area contributed by atoms with Crippen molar-refractivity contribution in [2.75, 3.05) is 6.54 Å². The molecule has 0 aliphatic rings. The highest BCUT2D eigenvalue weighted by Gasteiger charge is 2.07. The van der Waals surface area contributed by atoms with E-state index >= 15 is 0 Å². The number of thiazole rings is 1. The van der Waals surface area contributed by atoms with Gasteiger partial charge < -0.3 is 5.32 Å². The van der Waals surface area contributed by atoms with Crippen LogP contribution in [-0.2, 0) is 6.42 Å². The third-order valence-corrected chi connectivity index (χ3v) is 3.66. The fraction of sp³-hybridized carbons (Fsp3) is 0.429. The fourth-order valence-electron chi connectivity index (χ4n) is 1.75. The molecule has 1 N–H and O–H groups in total. The Morgan fingerprint density at radius 1 is 1.39 bits per heavy atom. The van der Waals surface area contributed by atoms with Gasteiger partial charge in [0.15, 0.2) is 0 Å². The van der Waals surface area contributed by atoms with Crippen molar-refractivity contribution >= 4 is 11.3 Å². The molecule has 0 amide bonds. The fourth-order valence-corrected chi connectivity index (χ4v) is 2.69. The molecule has 0 aromatic carbocycles. The van der Waals surface area contributed by atoms with Crippen molar-refractivity contribution in [2.24, 2.45) is 0 Å². The van der Waals surface area contributed by atoms with E-state index in [1.54, 1.807) is 11.3 Å². The largest absolute Gasteiger partial charge is 0.314 e. The molecule has 2 rings (SSSR count). The predicted octanol–water partition coefficient (Wildman–Crippen LogP) is 3.05. The van der Waals surface area contributed by atoms with Crippen molar-refractivity contribution in [3.63, 3.8) is 0 Å². The second kappa shape index (κ2) is 6.07. The normalized spacial score (nSPS) is 11.1. The van der Waals surface area contributed by atoms with E-state index in [1.165, 1.54) is 16.8 Å². The summed E-state index contributed by atoms with van der Waals surface area (Å²) in [7, 11) is 0. The highest BCUT2D eigenvalue weighted by Crippen LogP contribution is 2.25. The molecule has 0 radical (unpaired) electrons. The zero-order chi connectivity index (χ0) is 13.0. The number of rotatable bonds is 5. The molecule has 2 aromatic heterocycles. The Labute approximate surface area is 112 Å². The van der Waals surface area contributed by atoms with Crippen molar-refractivity contribution in [3.8, 4) is 10.6 Å². The van der Waals surface area contributed by atoms with Gasteiger partial charge in [0.25, 0.3) is 0 Å². The molecule has 0 aliphatic carbocycles. The standard InChI is InChI=1S/C14H19N3S/c1-10(2)16-7-4-12-9-18-14(17-12)13-5-6-15-8-11(13)3/h5-6,8-10,16H,4,7H2,1-3H3. The molecular weight excluding hydrogens is 242 g/mol. The summed E-state index contributed by atoms with van der Waals surface area (Å²) >= 11 is 1.71. The highest BCUT2D eigenvalue weighted by atomic mass is 32.1. The maximum atomic E-state index is 4.69. The second-order valence-corrected chi connectivity index (χ2v) is 5.55. The van der Waals surface area contributed by atoms with Gasteiger partial charge in [-0.05, 0) is 18.6 Å². The first-order valence-corrected chi connectivity index (χ1v) is 7.13. The van der Waals surface area contributed by atoms with Crippen LogP contribution >= 0.6 is 11.3 Å². The van der Waals surface area contributed by atoms with Gasteiger partial charge in [0.05, 0.1) is 5.69 Å². The topological polar surface area (TPSA) is 37.8 Å². The van der Waals surface area contributed by atoms with Crippen LogP contribution in [0.5, 0.6) is 0 Å². The Balaban J connectivity index is 2.04. The van der Waals surface area contributed by atoms with Crippen LogP contribution in [0.25, 0.3) is 10.6 Å². The van der Waals surface area contributed by atoms with E-state index in [1.807, 2.05) is 18.5 Å². The van der Waals surface area contributed by atoms with E-state index in [0.29, 0.717) is 6.04 Å². The number of nitrogens with zero attached hydrogens (tertiary/aromatic N) is 2. The molecule has 96 valence electrons. The third-order valence-electron chi connectivity index (χ3n) is 2.74. The van der Waals surface area contributed by atoms with Crippen LogP contribution in [0.3, 0.4) is 0 Å². The van der Waals surface area contributed by atoms with E-state index in [2.05, 4.69) is 41.4 Å². The van der Waals surface area contributed by atoms with Crippen LogP contribution < -0.4 is 5.32 Å². The first-order valence-electron chi connectivity index (χ1n) is 6.25. The summed E-state index contributed by atoms with van der Waals surface area (Å²) in [6.45, 7) is 7.37. The molecule has 18 heavy (non-hydrogen) atoms. The molecule has 4 heteroatoms. The summed E-state index contributed by atoms with van der Waals surface area (Å²) in [6.07, 6.45) is 4.69. The van der Waals surface area contributed by atoms with Crippen molar-refractivity contribution in [1.29, 1.82) is 0 Å². The van der Waals surface area contributed by atoms with Crippen LogP contribution in [-0.4, -0.2) is 22.6 Å². The van der Waals surface area contributed by atoms with Crippen LogP contribution in [0.4, 0.5) is 0 Å².